The summed E-state index contributed by atoms with van der Waals surface area (Å²) >= 11 is 7.19. The highest BCUT2D eigenvalue weighted by atomic mass is 35.5. The Kier molecular flexibility index (Phi) is 6.29. The Bertz CT molecular complexity index is 1070. The van der Waals surface area contributed by atoms with E-state index in [1.807, 2.05) is 13.0 Å². The van der Waals surface area contributed by atoms with Crippen molar-refractivity contribution in [1.82, 2.24) is 4.90 Å². The van der Waals surface area contributed by atoms with E-state index in [-0.39, 0.29) is 24.5 Å². The topological polar surface area (TPSA) is 74.3 Å². The molecule has 1 saturated heterocycles. The average molecular weight is 462 g/mol. The maximum Gasteiger partial charge on any atom is 0.293 e. The van der Waals surface area contributed by atoms with Crippen molar-refractivity contribution in [2.45, 2.75) is 19.9 Å². The van der Waals surface area contributed by atoms with Gasteiger partial charge in [0.05, 0.1) is 25.2 Å². The van der Waals surface area contributed by atoms with E-state index in [1.54, 1.807) is 37.5 Å². The van der Waals surface area contributed by atoms with Crippen molar-refractivity contribution in [3.8, 4) is 23.0 Å². The highest BCUT2D eigenvalue weighted by Crippen LogP contribution is 2.39. The van der Waals surface area contributed by atoms with Crippen LogP contribution in [0.3, 0.4) is 0 Å². The predicted molar refractivity (Wildman–Crippen MR) is 118 cm³/mol. The lowest BCUT2D eigenvalue weighted by molar-refractivity contribution is -0.123. The number of hydrogen-bond donors (Lipinski definition) is 0. The van der Waals surface area contributed by atoms with Gasteiger partial charge in [0.2, 0.25) is 6.79 Å². The lowest BCUT2D eigenvalue weighted by Gasteiger charge is -2.14. The molecule has 0 bridgehead atoms. The van der Waals surface area contributed by atoms with E-state index in [1.165, 1.54) is 0 Å². The van der Waals surface area contributed by atoms with Gasteiger partial charge in [0, 0.05) is 11.1 Å². The first-order chi connectivity index (χ1) is 15.0. The monoisotopic (exact) mass is 461 g/mol. The number of carbonyl (C=O) groups excluding carboxylic acids is 2. The van der Waals surface area contributed by atoms with Gasteiger partial charge < -0.3 is 18.9 Å². The minimum Gasteiger partial charge on any atom is -0.493 e. The summed E-state index contributed by atoms with van der Waals surface area (Å²) in [6.07, 6.45) is 2.55. The highest BCUT2D eigenvalue weighted by molar-refractivity contribution is 8.18. The number of rotatable bonds is 7. The second-order valence-electron chi connectivity index (χ2n) is 6.82. The summed E-state index contributed by atoms with van der Waals surface area (Å²) in [4.78, 5) is 26.9. The van der Waals surface area contributed by atoms with Gasteiger partial charge in [-0.25, -0.2) is 0 Å². The minimum atomic E-state index is -0.381. The molecule has 7 nitrogen and oxygen atoms in total. The third kappa shape index (κ3) is 4.45. The van der Waals surface area contributed by atoms with Gasteiger partial charge in [0.15, 0.2) is 23.0 Å². The molecule has 0 radical (unpaired) electrons. The van der Waals surface area contributed by atoms with Crippen LogP contribution in [0.25, 0.3) is 6.08 Å². The summed E-state index contributed by atoms with van der Waals surface area (Å²) in [5, 5.41) is 0.0412. The van der Waals surface area contributed by atoms with Crippen molar-refractivity contribution in [3.63, 3.8) is 0 Å². The molecule has 0 spiro atoms. The van der Waals surface area contributed by atoms with Crippen molar-refractivity contribution in [1.29, 1.82) is 0 Å². The van der Waals surface area contributed by atoms with Gasteiger partial charge in [-0.15, -0.1) is 0 Å². The number of amides is 2. The van der Waals surface area contributed by atoms with Crippen molar-refractivity contribution in [2.24, 2.45) is 0 Å². The summed E-state index contributed by atoms with van der Waals surface area (Å²) in [5.41, 5.74) is 1.33. The molecule has 0 N–H and O–H groups in total. The van der Waals surface area contributed by atoms with Crippen molar-refractivity contribution in [2.75, 3.05) is 20.5 Å². The minimum absolute atomic E-state index is 0.0462. The number of halogens is 1. The number of nitrogens with zero attached hydrogens (tertiary/aromatic N) is 1. The Hall–Kier alpha value is -2.84. The summed E-state index contributed by atoms with van der Waals surface area (Å²) in [7, 11) is 1.56. The van der Waals surface area contributed by atoms with Crippen molar-refractivity contribution in [3.05, 3.63) is 51.4 Å². The molecule has 0 saturated carbocycles. The molecule has 2 aromatic rings. The SMILES string of the molecule is CCCOc1ccc(/C=C2\SC(=O)N(Cc3cc4c(cc3Cl)OCO4)C2=O)cc1OC. The number of fused-ring (bicyclic) bond motifs is 1. The Morgan fingerprint density at radius 2 is 1.94 bits per heavy atom. The fourth-order valence-corrected chi connectivity index (χ4v) is 4.20. The van der Waals surface area contributed by atoms with Crippen LogP contribution in [0.15, 0.2) is 35.2 Å². The lowest BCUT2D eigenvalue weighted by Crippen LogP contribution is -2.27. The van der Waals surface area contributed by atoms with Crippen LogP contribution in [0, 0.1) is 0 Å². The number of thioether (sulfide) groups is 1. The van der Waals surface area contributed by atoms with Crippen molar-refractivity contribution >= 4 is 40.6 Å². The van der Waals surface area contributed by atoms with E-state index >= 15 is 0 Å². The Labute approximate surface area is 188 Å². The first kappa shape index (κ1) is 21.4. The molecule has 0 atom stereocenters. The zero-order valence-electron chi connectivity index (χ0n) is 17.0. The number of carbonyl (C=O) groups is 2. The maximum atomic E-state index is 12.9. The molecule has 162 valence electrons. The normalized spacial score (nSPS) is 16.4. The van der Waals surface area contributed by atoms with Gasteiger partial charge >= 0.3 is 0 Å². The second-order valence-corrected chi connectivity index (χ2v) is 8.22. The Morgan fingerprint density at radius 1 is 1.16 bits per heavy atom. The zero-order valence-corrected chi connectivity index (χ0v) is 18.5. The molecule has 2 aliphatic rings. The molecule has 0 unspecified atom stereocenters. The molecule has 2 heterocycles. The first-order valence-electron chi connectivity index (χ1n) is 9.64. The van der Waals surface area contributed by atoms with Gasteiger partial charge in [-0.05, 0) is 53.6 Å². The second kappa shape index (κ2) is 9.11. The molecular weight excluding hydrogens is 442 g/mol. The Morgan fingerprint density at radius 3 is 2.68 bits per heavy atom. The molecule has 0 aromatic heterocycles. The largest absolute Gasteiger partial charge is 0.493 e. The van der Waals surface area contributed by atoms with Crippen LogP contribution >= 0.6 is 23.4 Å². The molecular formula is C22H20ClNO6S. The van der Waals surface area contributed by atoms with Crippen LogP contribution in [0.1, 0.15) is 24.5 Å². The van der Waals surface area contributed by atoms with Crippen LogP contribution in [0.4, 0.5) is 4.79 Å². The lowest BCUT2D eigenvalue weighted by atomic mass is 10.1. The Balaban J connectivity index is 1.54. The van der Waals surface area contributed by atoms with Crippen LogP contribution < -0.4 is 18.9 Å². The number of hydrogen-bond acceptors (Lipinski definition) is 7. The fourth-order valence-electron chi connectivity index (χ4n) is 3.14. The molecule has 2 aromatic carbocycles. The van der Waals surface area contributed by atoms with E-state index in [9.17, 15) is 9.59 Å². The van der Waals surface area contributed by atoms with E-state index in [0.29, 0.717) is 45.1 Å². The molecule has 1 fully saturated rings. The smallest absolute Gasteiger partial charge is 0.293 e. The molecule has 2 aliphatic heterocycles. The molecule has 0 aliphatic carbocycles. The quantitative estimate of drug-likeness (QED) is 0.531. The predicted octanol–water partition coefficient (Wildman–Crippen LogP) is 5.10. The third-order valence-corrected chi connectivity index (χ3v) is 5.95. The van der Waals surface area contributed by atoms with E-state index in [4.69, 9.17) is 30.5 Å². The molecule has 9 heteroatoms. The molecule has 4 rings (SSSR count). The van der Waals surface area contributed by atoms with E-state index in [0.717, 1.165) is 28.6 Å². The average Bonchev–Trinajstić information content (AvgIpc) is 3.31. The van der Waals surface area contributed by atoms with Gasteiger partial charge in [-0.2, -0.15) is 0 Å². The zero-order chi connectivity index (χ0) is 22.0. The van der Waals surface area contributed by atoms with Gasteiger partial charge in [0.25, 0.3) is 11.1 Å². The van der Waals surface area contributed by atoms with E-state index < -0.39 is 0 Å². The fraction of sp³-hybridized carbons (Fsp3) is 0.273. The number of ether oxygens (including phenoxy) is 4. The maximum absolute atomic E-state index is 12.9. The van der Waals surface area contributed by atoms with Crippen LogP contribution in [0.2, 0.25) is 5.02 Å². The third-order valence-electron chi connectivity index (χ3n) is 4.69. The van der Waals surface area contributed by atoms with Crippen molar-refractivity contribution < 1.29 is 28.5 Å². The summed E-state index contributed by atoms with van der Waals surface area (Å²) < 4.78 is 21.7. The molecule has 2 amide bonds. The number of benzene rings is 2. The summed E-state index contributed by atoms with van der Waals surface area (Å²) in [6, 6.07) is 8.70. The molecule has 31 heavy (non-hydrogen) atoms. The van der Waals surface area contributed by atoms with Crippen LogP contribution in [-0.2, 0) is 11.3 Å². The van der Waals surface area contributed by atoms with Gasteiger partial charge in [-0.3, -0.25) is 14.5 Å². The van der Waals surface area contributed by atoms with Crippen LogP contribution in [-0.4, -0.2) is 36.6 Å². The van der Waals surface area contributed by atoms with Gasteiger partial charge in [0.1, 0.15) is 0 Å². The van der Waals surface area contributed by atoms with Crippen LogP contribution in [0.5, 0.6) is 23.0 Å². The summed E-state index contributed by atoms with van der Waals surface area (Å²) in [6.45, 7) is 2.76. The number of methoxy groups -OCH3 is 1. The number of imide groups is 1. The standard InChI is InChI=1S/C22H20ClNO6S/c1-3-6-28-16-5-4-13(7-17(16)27-2)8-20-21(25)24(22(26)31-20)11-14-9-18-19(10-15(14)23)30-12-29-18/h4-5,7-10H,3,6,11-12H2,1-2H3/b20-8-. The van der Waals surface area contributed by atoms with E-state index in [2.05, 4.69) is 0 Å². The highest BCUT2D eigenvalue weighted by Gasteiger charge is 2.35. The van der Waals surface area contributed by atoms with Gasteiger partial charge in [-0.1, -0.05) is 24.6 Å². The summed E-state index contributed by atoms with van der Waals surface area (Å²) in [5.74, 6) is 1.90. The first-order valence-corrected chi connectivity index (χ1v) is 10.8.